The largest absolute Gasteiger partial charge is 0.411 e. The molecule has 5 heteroatoms. The highest BCUT2D eigenvalue weighted by Gasteiger charge is 2.32. The topological polar surface area (TPSA) is 21.3 Å². The molecule has 2 unspecified atom stereocenters. The number of rotatable bonds is 4. The fourth-order valence-corrected chi connectivity index (χ4v) is 3.56. The summed E-state index contributed by atoms with van der Waals surface area (Å²) in [5.41, 5.74) is 0.448. The number of halogens is 3. The van der Waals surface area contributed by atoms with E-state index in [9.17, 15) is 13.2 Å². The van der Waals surface area contributed by atoms with Gasteiger partial charge in [0.25, 0.3) is 0 Å². The summed E-state index contributed by atoms with van der Waals surface area (Å²) in [6, 6.07) is 0.854. The zero-order chi connectivity index (χ0) is 15.5. The van der Waals surface area contributed by atoms with Crippen LogP contribution in [-0.4, -0.2) is 31.0 Å². The average molecular weight is 307 g/mol. The van der Waals surface area contributed by atoms with Gasteiger partial charge in [-0.25, -0.2) is 0 Å². The van der Waals surface area contributed by atoms with Crippen LogP contribution in [0, 0.1) is 5.41 Å². The molecule has 2 aliphatic carbocycles. The molecule has 2 fully saturated rings. The van der Waals surface area contributed by atoms with Crippen LogP contribution in [-0.2, 0) is 4.74 Å². The van der Waals surface area contributed by atoms with Gasteiger partial charge >= 0.3 is 6.18 Å². The van der Waals surface area contributed by atoms with Crippen LogP contribution >= 0.6 is 0 Å². The second kappa shape index (κ2) is 6.86. The van der Waals surface area contributed by atoms with Gasteiger partial charge in [0.1, 0.15) is 6.61 Å². The van der Waals surface area contributed by atoms with E-state index in [1.165, 1.54) is 25.7 Å². The van der Waals surface area contributed by atoms with Crippen LogP contribution in [0.1, 0.15) is 65.2 Å². The van der Waals surface area contributed by atoms with Crippen LogP contribution < -0.4 is 5.32 Å². The van der Waals surface area contributed by atoms with Gasteiger partial charge in [0.15, 0.2) is 0 Å². The van der Waals surface area contributed by atoms with E-state index >= 15 is 0 Å². The first-order valence-electron chi connectivity index (χ1n) is 8.18. The average Bonchev–Trinajstić information content (AvgIpc) is 2.39. The highest BCUT2D eigenvalue weighted by atomic mass is 19.4. The van der Waals surface area contributed by atoms with E-state index in [0.717, 1.165) is 25.7 Å². The van der Waals surface area contributed by atoms with Crippen molar-refractivity contribution in [2.45, 2.75) is 89.6 Å². The normalized spacial score (nSPS) is 31.3. The van der Waals surface area contributed by atoms with Crippen molar-refractivity contribution in [1.82, 2.24) is 5.32 Å². The second-order valence-electron chi connectivity index (χ2n) is 7.52. The van der Waals surface area contributed by atoms with Gasteiger partial charge in [-0.3, -0.25) is 0 Å². The molecule has 124 valence electrons. The molecule has 0 aliphatic heterocycles. The predicted molar refractivity (Wildman–Crippen MR) is 77.2 cm³/mol. The predicted octanol–water partition coefficient (Wildman–Crippen LogP) is 4.43. The van der Waals surface area contributed by atoms with E-state index in [4.69, 9.17) is 4.74 Å². The lowest BCUT2D eigenvalue weighted by molar-refractivity contribution is -0.188. The van der Waals surface area contributed by atoms with Gasteiger partial charge in [-0.15, -0.1) is 0 Å². The molecule has 2 nitrogen and oxygen atoms in total. The van der Waals surface area contributed by atoms with Crippen LogP contribution in [0.2, 0.25) is 0 Å². The lowest BCUT2D eigenvalue weighted by Crippen LogP contribution is -2.45. The molecule has 1 N–H and O–H groups in total. The van der Waals surface area contributed by atoms with Gasteiger partial charge in [-0.2, -0.15) is 13.2 Å². The summed E-state index contributed by atoms with van der Waals surface area (Å²) in [5.74, 6) is 0. The maximum Gasteiger partial charge on any atom is 0.411 e. The summed E-state index contributed by atoms with van der Waals surface area (Å²) >= 11 is 0. The summed E-state index contributed by atoms with van der Waals surface area (Å²) in [7, 11) is 0. The first-order valence-corrected chi connectivity index (χ1v) is 8.18. The van der Waals surface area contributed by atoms with Gasteiger partial charge in [0.2, 0.25) is 0 Å². The third kappa shape index (κ3) is 6.15. The van der Waals surface area contributed by atoms with Gasteiger partial charge in [0.05, 0.1) is 6.10 Å². The van der Waals surface area contributed by atoms with E-state index in [1.807, 2.05) is 0 Å². The fraction of sp³-hybridized carbons (Fsp3) is 1.00. The maximum absolute atomic E-state index is 12.2. The van der Waals surface area contributed by atoms with Crippen molar-refractivity contribution in [2.75, 3.05) is 6.61 Å². The summed E-state index contributed by atoms with van der Waals surface area (Å²) in [4.78, 5) is 0. The Kier molecular flexibility index (Phi) is 5.58. The number of alkyl halides is 3. The Labute approximate surface area is 125 Å². The van der Waals surface area contributed by atoms with E-state index in [0.29, 0.717) is 17.5 Å². The number of nitrogens with one attached hydrogen (secondary N) is 1. The first-order chi connectivity index (χ1) is 9.73. The molecule has 0 saturated heterocycles. The Bertz CT molecular complexity index is 320. The highest BCUT2D eigenvalue weighted by Crippen LogP contribution is 2.35. The molecule has 2 atom stereocenters. The molecule has 0 radical (unpaired) electrons. The zero-order valence-electron chi connectivity index (χ0n) is 13.1. The molecular weight excluding hydrogens is 279 g/mol. The molecular formula is C16H28F3NO. The van der Waals surface area contributed by atoms with Crippen molar-refractivity contribution in [2.24, 2.45) is 5.41 Å². The fourth-order valence-electron chi connectivity index (χ4n) is 3.56. The molecule has 0 spiro atoms. The lowest BCUT2D eigenvalue weighted by Gasteiger charge is -2.38. The zero-order valence-corrected chi connectivity index (χ0v) is 13.1. The minimum Gasteiger partial charge on any atom is -0.369 e. The van der Waals surface area contributed by atoms with Crippen molar-refractivity contribution < 1.29 is 17.9 Å². The van der Waals surface area contributed by atoms with Gasteiger partial charge in [-0.1, -0.05) is 13.8 Å². The summed E-state index contributed by atoms with van der Waals surface area (Å²) in [6.07, 6.45) is 3.85. The third-order valence-corrected chi connectivity index (χ3v) is 4.92. The van der Waals surface area contributed by atoms with E-state index in [1.54, 1.807) is 0 Å². The SMILES string of the molecule is CC1(C)CCC(NC2CCCC(OCC(F)(F)F)C2)CC1. The van der Waals surface area contributed by atoms with E-state index in [2.05, 4.69) is 19.2 Å². The van der Waals surface area contributed by atoms with Crippen LogP contribution in [0.25, 0.3) is 0 Å². The molecule has 0 bridgehead atoms. The molecule has 0 aromatic rings. The quantitative estimate of drug-likeness (QED) is 0.829. The molecule has 21 heavy (non-hydrogen) atoms. The van der Waals surface area contributed by atoms with Crippen molar-refractivity contribution in [1.29, 1.82) is 0 Å². The molecule has 2 aliphatic rings. The van der Waals surface area contributed by atoms with E-state index < -0.39 is 12.8 Å². The molecule has 0 aromatic carbocycles. The lowest BCUT2D eigenvalue weighted by atomic mass is 9.75. The highest BCUT2D eigenvalue weighted by molar-refractivity contribution is 4.86. The second-order valence-corrected chi connectivity index (χ2v) is 7.52. The standard InChI is InChI=1S/C16H28F3NO/c1-15(2)8-6-12(7-9-15)20-13-4-3-5-14(10-13)21-11-16(17,18)19/h12-14,20H,3-11H2,1-2H3. The Morgan fingerprint density at radius 3 is 2.33 bits per heavy atom. The van der Waals surface area contributed by atoms with Crippen LogP contribution in [0.3, 0.4) is 0 Å². The molecule has 2 saturated carbocycles. The monoisotopic (exact) mass is 307 g/mol. The molecule has 0 amide bonds. The smallest absolute Gasteiger partial charge is 0.369 e. The van der Waals surface area contributed by atoms with Crippen molar-refractivity contribution in [3.05, 3.63) is 0 Å². The van der Waals surface area contributed by atoms with Gasteiger partial charge in [-0.05, 0) is 56.8 Å². The van der Waals surface area contributed by atoms with Crippen LogP contribution in [0.5, 0.6) is 0 Å². The van der Waals surface area contributed by atoms with Crippen molar-refractivity contribution >= 4 is 0 Å². The van der Waals surface area contributed by atoms with Crippen molar-refractivity contribution in [3.63, 3.8) is 0 Å². The summed E-state index contributed by atoms with van der Waals surface area (Å²) in [5, 5.41) is 3.66. The molecule has 0 heterocycles. The van der Waals surface area contributed by atoms with Gasteiger partial charge in [0, 0.05) is 12.1 Å². The van der Waals surface area contributed by atoms with Crippen LogP contribution in [0.4, 0.5) is 13.2 Å². The summed E-state index contributed by atoms with van der Waals surface area (Å²) in [6.45, 7) is 3.51. The Morgan fingerprint density at radius 2 is 1.71 bits per heavy atom. The van der Waals surface area contributed by atoms with Crippen LogP contribution in [0.15, 0.2) is 0 Å². The summed E-state index contributed by atoms with van der Waals surface area (Å²) < 4.78 is 41.7. The molecule has 2 rings (SSSR count). The Balaban J connectivity index is 1.72. The van der Waals surface area contributed by atoms with Crippen molar-refractivity contribution in [3.8, 4) is 0 Å². The minimum atomic E-state index is -4.21. The minimum absolute atomic E-state index is 0.238. The first kappa shape index (κ1) is 17.1. The number of ether oxygens (including phenoxy) is 1. The Morgan fingerprint density at radius 1 is 1.05 bits per heavy atom. The number of hydrogen-bond donors (Lipinski definition) is 1. The van der Waals surface area contributed by atoms with Gasteiger partial charge < -0.3 is 10.1 Å². The third-order valence-electron chi connectivity index (χ3n) is 4.92. The van der Waals surface area contributed by atoms with E-state index in [-0.39, 0.29) is 6.10 Å². The maximum atomic E-state index is 12.2. The number of hydrogen-bond acceptors (Lipinski definition) is 2. The molecule has 0 aromatic heterocycles. The Hall–Kier alpha value is -0.290.